The Morgan fingerprint density at radius 3 is 2.33 bits per heavy atom. The summed E-state index contributed by atoms with van der Waals surface area (Å²) in [5, 5.41) is 0. The average Bonchev–Trinajstić information content (AvgIpc) is 2.15. The Hall–Kier alpha value is 0.0500. The number of benzene rings is 1. The third-order valence-corrected chi connectivity index (χ3v) is 4.63. The number of hydrogen-bond donors (Lipinski definition) is 0. The number of ketones is 1. The number of halogens is 4. The van der Waals surface area contributed by atoms with Gasteiger partial charge in [0.15, 0.2) is 4.33 Å². The molecule has 80 valence electrons. The first-order chi connectivity index (χ1) is 6.86. The second-order valence-corrected chi connectivity index (χ2v) is 6.25. The highest BCUT2D eigenvalue weighted by atomic mass is 35.5. The van der Waals surface area contributed by atoms with Crippen LogP contribution in [0.3, 0.4) is 0 Å². The van der Waals surface area contributed by atoms with Crippen LogP contribution in [-0.4, -0.2) is 14.4 Å². The maximum absolute atomic E-state index is 11.9. The van der Waals surface area contributed by atoms with Gasteiger partial charge in [0.05, 0.1) is 0 Å². The molecule has 0 aliphatic heterocycles. The predicted molar refractivity (Wildman–Crippen MR) is 63.4 cm³/mol. The lowest BCUT2D eigenvalue weighted by molar-refractivity contribution is 0.0957. The summed E-state index contributed by atoms with van der Waals surface area (Å²) < 4.78 is -3.27. The summed E-state index contributed by atoms with van der Waals surface area (Å²) in [7, 11) is 0. The lowest BCUT2D eigenvalue weighted by atomic mass is 9.89. The monoisotopic (exact) mass is 282 g/mol. The van der Waals surface area contributed by atoms with E-state index in [-0.39, 0.29) is 6.42 Å². The van der Waals surface area contributed by atoms with Gasteiger partial charge in [0.25, 0.3) is 0 Å². The molecule has 1 aromatic rings. The zero-order chi connectivity index (χ0) is 11.3. The quantitative estimate of drug-likeness (QED) is 0.663. The first-order valence-corrected chi connectivity index (χ1v) is 5.76. The number of rotatable bonds is 0. The van der Waals surface area contributed by atoms with Crippen molar-refractivity contribution in [3.8, 4) is 0 Å². The van der Waals surface area contributed by atoms with E-state index in [4.69, 9.17) is 46.4 Å². The first-order valence-electron chi connectivity index (χ1n) is 4.24. The second-order valence-electron chi connectivity index (χ2n) is 3.44. The van der Waals surface area contributed by atoms with Crippen LogP contribution in [0.5, 0.6) is 0 Å². The maximum atomic E-state index is 11.9. The Bertz CT molecular complexity index is 425. The average molecular weight is 284 g/mol. The highest BCUT2D eigenvalue weighted by Crippen LogP contribution is 2.50. The van der Waals surface area contributed by atoms with E-state index < -0.39 is 14.4 Å². The smallest absolute Gasteiger partial charge is 0.213 e. The Kier molecular flexibility index (Phi) is 2.71. The van der Waals surface area contributed by atoms with Gasteiger partial charge in [-0.15, -0.1) is 0 Å². The highest BCUT2D eigenvalue weighted by molar-refractivity contribution is 6.70. The van der Waals surface area contributed by atoms with Gasteiger partial charge in [-0.2, -0.15) is 0 Å². The van der Waals surface area contributed by atoms with Gasteiger partial charge in [0.1, 0.15) is 0 Å². The molecule has 0 saturated heterocycles. The minimum atomic E-state index is -1.79. The third kappa shape index (κ3) is 1.66. The molecule has 0 heterocycles. The van der Waals surface area contributed by atoms with Crippen molar-refractivity contribution in [1.29, 1.82) is 0 Å². The van der Waals surface area contributed by atoms with Crippen LogP contribution in [0.4, 0.5) is 0 Å². The predicted octanol–water partition coefficient (Wildman–Crippen LogP) is 3.77. The molecule has 5 heteroatoms. The van der Waals surface area contributed by atoms with Crippen molar-refractivity contribution in [1.82, 2.24) is 0 Å². The Balaban J connectivity index is 2.61. The molecule has 0 N–H and O–H groups in total. The van der Waals surface area contributed by atoms with Gasteiger partial charge in [0.2, 0.25) is 10.1 Å². The molecule has 2 rings (SSSR count). The summed E-state index contributed by atoms with van der Waals surface area (Å²) in [4.78, 5) is 11.9. The lowest BCUT2D eigenvalue weighted by Crippen LogP contribution is -2.48. The molecule has 0 atom stereocenters. The summed E-state index contributed by atoms with van der Waals surface area (Å²) in [6, 6.07) is 7.01. The van der Waals surface area contributed by atoms with Crippen molar-refractivity contribution >= 4 is 52.2 Å². The molecule has 15 heavy (non-hydrogen) atoms. The van der Waals surface area contributed by atoms with Gasteiger partial charge in [-0.05, 0) is 5.56 Å². The van der Waals surface area contributed by atoms with Crippen molar-refractivity contribution < 1.29 is 4.79 Å². The molecule has 1 nitrogen and oxygen atoms in total. The molecular weight excluding hydrogens is 278 g/mol. The molecule has 0 fully saturated rings. The van der Waals surface area contributed by atoms with E-state index in [0.717, 1.165) is 5.56 Å². The summed E-state index contributed by atoms with van der Waals surface area (Å²) in [6.07, 6.45) is 0.255. The fourth-order valence-corrected chi connectivity index (χ4v) is 2.38. The minimum absolute atomic E-state index is 0.255. The van der Waals surface area contributed by atoms with Crippen LogP contribution < -0.4 is 0 Å². The van der Waals surface area contributed by atoms with E-state index in [0.29, 0.717) is 5.56 Å². The topological polar surface area (TPSA) is 17.1 Å². The maximum Gasteiger partial charge on any atom is 0.213 e. The van der Waals surface area contributed by atoms with Crippen LogP contribution in [0.1, 0.15) is 15.9 Å². The fraction of sp³-hybridized carbons (Fsp3) is 0.300. The number of fused-ring (bicyclic) bond motifs is 1. The van der Waals surface area contributed by atoms with Gasteiger partial charge >= 0.3 is 0 Å². The van der Waals surface area contributed by atoms with Gasteiger partial charge in [-0.3, -0.25) is 4.79 Å². The van der Waals surface area contributed by atoms with Gasteiger partial charge in [0, 0.05) is 12.0 Å². The lowest BCUT2D eigenvalue weighted by Gasteiger charge is -2.36. The summed E-state index contributed by atoms with van der Waals surface area (Å²) in [5.74, 6) is -0.447. The van der Waals surface area contributed by atoms with E-state index in [9.17, 15) is 4.79 Å². The number of alkyl halides is 4. The zero-order valence-electron chi connectivity index (χ0n) is 7.44. The standard InChI is InChI=1S/C10H6Cl4O/c11-9(12)5-6-3-1-2-4-7(6)8(15)10(9,13)14/h1-4H,5H2. The van der Waals surface area contributed by atoms with Crippen LogP contribution in [0.15, 0.2) is 24.3 Å². The van der Waals surface area contributed by atoms with Crippen molar-refractivity contribution in [2.24, 2.45) is 0 Å². The molecule has 0 radical (unpaired) electrons. The van der Waals surface area contributed by atoms with Crippen LogP contribution >= 0.6 is 46.4 Å². The van der Waals surface area contributed by atoms with Crippen LogP contribution in [0.2, 0.25) is 0 Å². The third-order valence-electron chi connectivity index (χ3n) is 2.42. The molecule has 0 bridgehead atoms. The summed E-state index contributed by atoms with van der Waals surface area (Å²) in [6.45, 7) is 0. The van der Waals surface area contributed by atoms with E-state index in [2.05, 4.69) is 0 Å². The summed E-state index contributed by atoms with van der Waals surface area (Å²) in [5.41, 5.74) is 1.25. The van der Waals surface area contributed by atoms with Gasteiger partial charge in [-0.1, -0.05) is 70.7 Å². The number of Topliss-reactive ketones (excluding diaryl/α,β-unsaturated/α-hetero) is 1. The Morgan fingerprint density at radius 1 is 1.07 bits per heavy atom. The number of carbonyl (C=O) groups is 1. The van der Waals surface area contributed by atoms with Crippen molar-refractivity contribution in [2.75, 3.05) is 0 Å². The van der Waals surface area contributed by atoms with E-state index in [1.807, 2.05) is 6.07 Å². The Morgan fingerprint density at radius 2 is 1.67 bits per heavy atom. The fourth-order valence-electron chi connectivity index (χ4n) is 1.58. The minimum Gasteiger partial charge on any atom is -0.291 e. The van der Waals surface area contributed by atoms with E-state index in [1.54, 1.807) is 18.2 Å². The molecule has 0 amide bonds. The van der Waals surface area contributed by atoms with Crippen molar-refractivity contribution in [3.63, 3.8) is 0 Å². The zero-order valence-corrected chi connectivity index (χ0v) is 10.5. The van der Waals surface area contributed by atoms with Crippen LogP contribution in [0.25, 0.3) is 0 Å². The van der Waals surface area contributed by atoms with Gasteiger partial charge < -0.3 is 0 Å². The SMILES string of the molecule is O=C1c2ccccc2CC(Cl)(Cl)C1(Cl)Cl. The number of hydrogen-bond acceptors (Lipinski definition) is 1. The Labute approximate surface area is 107 Å². The molecule has 0 aromatic heterocycles. The molecule has 1 aliphatic carbocycles. The summed E-state index contributed by atoms with van der Waals surface area (Å²) >= 11 is 23.7. The van der Waals surface area contributed by atoms with Crippen molar-refractivity contribution in [3.05, 3.63) is 35.4 Å². The molecule has 1 aromatic carbocycles. The van der Waals surface area contributed by atoms with E-state index in [1.165, 1.54) is 0 Å². The van der Waals surface area contributed by atoms with Gasteiger partial charge in [-0.25, -0.2) is 0 Å². The van der Waals surface area contributed by atoms with Crippen LogP contribution in [0, 0.1) is 0 Å². The second kappa shape index (κ2) is 3.53. The molecule has 1 aliphatic rings. The number of carbonyl (C=O) groups excluding carboxylic acids is 1. The van der Waals surface area contributed by atoms with E-state index >= 15 is 0 Å². The molecule has 0 spiro atoms. The van der Waals surface area contributed by atoms with Crippen LogP contribution in [-0.2, 0) is 6.42 Å². The first kappa shape index (κ1) is 11.5. The molecule has 0 unspecified atom stereocenters. The van der Waals surface area contributed by atoms with Crippen molar-refractivity contribution in [2.45, 2.75) is 15.1 Å². The highest BCUT2D eigenvalue weighted by Gasteiger charge is 2.56. The molecule has 0 saturated carbocycles. The normalized spacial score (nSPS) is 22.3. The molecular formula is C10H6Cl4O. The largest absolute Gasteiger partial charge is 0.291 e.